The van der Waals surface area contributed by atoms with E-state index in [1.165, 1.54) is 24.3 Å². The van der Waals surface area contributed by atoms with Gasteiger partial charge in [0, 0.05) is 23.5 Å². The standard InChI is InChI=1S/C17H15FN2O2/c1-2-20-15-8-3-11(9-12(15)10-16(20)21)17(22)19-14-6-4-13(18)5-7-14/h3-9H,2,10H2,1H3,(H,19,22). The van der Waals surface area contributed by atoms with Gasteiger partial charge in [-0.15, -0.1) is 0 Å². The van der Waals surface area contributed by atoms with E-state index in [0.717, 1.165) is 11.3 Å². The number of carbonyl (C=O) groups is 2. The fourth-order valence-corrected chi connectivity index (χ4v) is 2.61. The third-order valence-corrected chi connectivity index (χ3v) is 3.69. The lowest BCUT2D eigenvalue weighted by Crippen LogP contribution is -2.25. The van der Waals surface area contributed by atoms with Gasteiger partial charge >= 0.3 is 0 Å². The summed E-state index contributed by atoms with van der Waals surface area (Å²) >= 11 is 0. The summed E-state index contributed by atoms with van der Waals surface area (Å²) < 4.78 is 12.9. The van der Waals surface area contributed by atoms with Gasteiger partial charge in [-0.25, -0.2) is 4.39 Å². The van der Waals surface area contributed by atoms with E-state index in [-0.39, 0.29) is 17.6 Å². The molecule has 0 saturated carbocycles. The van der Waals surface area contributed by atoms with Crippen molar-refractivity contribution in [1.82, 2.24) is 0 Å². The average molecular weight is 298 g/mol. The quantitative estimate of drug-likeness (QED) is 0.947. The maximum Gasteiger partial charge on any atom is 0.255 e. The van der Waals surface area contributed by atoms with Crippen LogP contribution in [-0.2, 0) is 11.2 Å². The first-order valence-electron chi connectivity index (χ1n) is 7.08. The molecule has 1 heterocycles. The lowest BCUT2D eigenvalue weighted by atomic mass is 10.1. The lowest BCUT2D eigenvalue weighted by molar-refractivity contribution is -0.117. The predicted molar refractivity (Wildman–Crippen MR) is 82.5 cm³/mol. The highest BCUT2D eigenvalue weighted by molar-refractivity contribution is 6.07. The predicted octanol–water partition coefficient (Wildman–Crippen LogP) is 2.99. The van der Waals surface area contributed by atoms with E-state index in [1.54, 1.807) is 23.1 Å². The van der Waals surface area contributed by atoms with Crippen molar-refractivity contribution in [2.75, 3.05) is 16.8 Å². The summed E-state index contributed by atoms with van der Waals surface area (Å²) in [6.45, 7) is 2.54. The molecule has 0 bridgehead atoms. The smallest absolute Gasteiger partial charge is 0.255 e. The van der Waals surface area contributed by atoms with Gasteiger partial charge < -0.3 is 10.2 Å². The van der Waals surface area contributed by atoms with Crippen molar-refractivity contribution in [1.29, 1.82) is 0 Å². The second kappa shape index (κ2) is 5.60. The van der Waals surface area contributed by atoms with Gasteiger partial charge in [-0.05, 0) is 55.0 Å². The number of benzene rings is 2. The highest BCUT2D eigenvalue weighted by Gasteiger charge is 2.26. The van der Waals surface area contributed by atoms with Crippen molar-refractivity contribution < 1.29 is 14.0 Å². The summed E-state index contributed by atoms with van der Waals surface area (Å²) in [6, 6.07) is 10.8. The van der Waals surface area contributed by atoms with E-state index >= 15 is 0 Å². The average Bonchev–Trinajstić information content (AvgIpc) is 2.83. The molecule has 5 heteroatoms. The Kier molecular flexibility index (Phi) is 3.63. The molecule has 2 aromatic rings. The van der Waals surface area contributed by atoms with Gasteiger partial charge in [0.1, 0.15) is 5.82 Å². The molecule has 0 fully saturated rings. The Bertz CT molecular complexity index is 741. The fraction of sp³-hybridized carbons (Fsp3) is 0.176. The van der Waals surface area contributed by atoms with E-state index in [1.807, 2.05) is 6.92 Å². The molecule has 22 heavy (non-hydrogen) atoms. The summed E-state index contributed by atoms with van der Waals surface area (Å²) in [5, 5.41) is 2.71. The van der Waals surface area contributed by atoms with Crippen LogP contribution >= 0.6 is 0 Å². The van der Waals surface area contributed by atoms with Gasteiger partial charge in [-0.3, -0.25) is 9.59 Å². The molecule has 112 valence electrons. The molecule has 0 unspecified atom stereocenters. The highest BCUT2D eigenvalue weighted by Crippen LogP contribution is 2.29. The number of amides is 2. The SMILES string of the molecule is CCN1C(=O)Cc2cc(C(=O)Nc3ccc(F)cc3)ccc21. The van der Waals surface area contributed by atoms with Crippen LogP contribution in [0.3, 0.4) is 0 Å². The number of fused-ring (bicyclic) bond motifs is 1. The molecule has 3 rings (SSSR count). The fourth-order valence-electron chi connectivity index (χ4n) is 2.61. The van der Waals surface area contributed by atoms with Crippen molar-refractivity contribution in [3.8, 4) is 0 Å². The molecule has 0 radical (unpaired) electrons. The van der Waals surface area contributed by atoms with Crippen LogP contribution in [0.15, 0.2) is 42.5 Å². The third kappa shape index (κ3) is 2.57. The second-order valence-electron chi connectivity index (χ2n) is 5.12. The molecule has 4 nitrogen and oxygen atoms in total. The summed E-state index contributed by atoms with van der Waals surface area (Å²) in [6.07, 6.45) is 0.320. The van der Waals surface area contributed by atoms with Crippen molar-refractivity contribution in [3.05, 3.63) is 59.4 Å². The van der Waals surface area contributed by atoms with Crippen LogP contribution in [0.4, 0.5) is 15.8 Å². The Balaban J connectivity index is 1.81. The van der Waals surface area contributed by atoms with Crippen LogP contribution in [0.25, 0.3) is 0 Å². The number of rotatable bonds is 3. The number of nitrogens with one attached hydrogen (secondary N) is 1. The van der Waals surface area contributed by atoms with Gasteiger partial charge in [-0.2, -0.15) is 0 Å². The van der Waals surface area contributed by atoms with Crippen LogP contribution < -0.4 is 10.2 Å². The largest absolute Gasteiger partial charge is 0.322 e. The van der Waals surface area contributed by atoms with Crippen LogP contribution in [0.2, 0.25) is 0 Å². The molecule has 0 atom stereocenters. The first-order valence-corrected chi connectivity index (χ1v) is 7.08. The second-order valence-corrected chi connectivity index (χ2v) is 5.12. The van der Waals surface area contributed by atoms with Gasteiger partial charge in [-0.1, -0.05) is 0 Å². The Morgan fingerprint density at radius 3 is 2.64 bits per heavy atom. The van der Waals surface area contributed by atoms with Crippen LogP contribution in [0.1, 0.15) is 22.8 Å². The molecule has 0 aliphatic carbocycles. The zero-order valence-electron chi connectivity index (χ0n) is 12.1. The van der Waals surface area contributed by atoms with Gasteiger partial charge in [0.2, 0.25) is 5.91 Å². The topological polar surface area (TPSA) is 49.4 Å². The zero-order valence-corrected chi connectivity index (χ0v) is 12.1. The van der Waals surface area contributed by atoms with Crippen LogP contribution in [0, 0.1) is 5.82 Å². The van der Waals surface area contributed by atoms with Crippen molar-refractivity contribution in [3.63, 3.8) is 0 Å². The molecular formula is C17H15FN2O2. The lowest BCUT2D eigenvalue weighted by Gasteiger charge is -2.14. The van der Waals surface area contributed by atoms with Gasteiger partial charge in [0.05, 0.1) is 6.42 Å². The molecule has 2 amide bonds. The number of nitrogens with zero attached hydrogens (tertiary/aromatic N) is 1. The van der Waals surface area contributed by atoms with Crippen molar-refractivity contribution in [2.24, 2.45) is 0 Å². The monoisotopic (exact) mass is 298 g/mol. The number of anilines is 2. The molecule has 0 spiro atoms. The van der Waals surface area contributed by atoms with Crippen LogP contribution in [-0.4, -0.2) is 18.4 Å². The number of hydrogen-bond acceptors (Lipinski definition) is 2. The van der Waals surface area contributed by atoms with Crippen molar-refractivity contribution in [2.45, 2.75) is 13.3 Å². The van der Waals surface area contributed by atoms with Gasteiger partial charge in [0.25, 0.3) is 5.91 Å². The van der Waals surface area contributed by atoms with E-state index in [2.05, 4.69) is 5.32 Å². The third-order valence-electron chi connectivity index (χ3n) is 3.69. The Labute approximate surface area is 127 Å². The number of carbonyl (C=O) groups excluding carboxylic acids is 2. The number of likely N-dealkylation sites (N-methyl/N-ethyl adjacent to an activating group) is 1. The van der Waals surface area contributed by atoms with E-state index in [4.69, 9.17) is 0 Å². The molecule has 2 aromatic carbocycles. The molecule has 1 aliphatic heterocycles. The first kappa shape index (κ1) is 14.3. The minimum Gasteiger partial charge on any atom is -0.322 e. The molecule has 0 aromatic heterocycles. The Morgan fingerprint density at radius 2 is 1.95 bits per heavy atom. The van der Waals surface area contributed by atoms with Crippen LogP contribution in [0.5, 0.6) is 0 Å². The minimum absolute atomic E-state index is 0.0496. The number of halogens is 1. The van der Waals surface area contributed by atoms with Gasteiger partial charge in [0.15, 0.2) is 0 Å². The summed E-state index contributed by atoms with van der Waals surface area (Å²) in [7, 11) is 0. The molecule has 1 aliphatic rings. The van der Waals surface area contributed by atoms with E-state index in [0.29, 0.717) is 24.2 Å². The Morgan fingerprint density at radius 1 is 1.23 bits per heavy atom. The molecule has 0 saturated heterocycles. The van der Waals surface area contributed by atoms with E-state index in [9.17, 15) is 14.0 Å². The summed E-state index contributed by atoms with van der Waals surface area (Å²) in [5.74, 6) is -0.584. The normalized spacial score (nSPS) is 13.2. The first-order chi connectivity index (χ1) is 10.6. The summed E-state index contributed by atoms with van der Waals surface area (Å²) in [4.78, 5) is 25.8. The zero-order chi connectivity index (χ0) is 15.7. The van der Waals surface area contributed by atoms with E-state index < -0.39 is 0 Å². The molecular weight excluding hydrogens is 283 g/mol. The van der Waals surface area contributed by atoms with Crippen molar-refractivity contribution >= 4 is 23.2 Å². The highest BCUT2D eigenvalue weighted by atomic mass is 19.1. The summed E-state index contributed by atoms with van der Waals surface area (Å²) in [5.41, 5.74) is 2.73. The Hall–Kier alpha value is -2.69. The number of hydrogen-bond donors (Lipinski definition) is 1. The minimum atomic E-state index is -0.353. The molecule has 1 N–H and O–H groups in total. The maximum atomic E-state index is 12.9. The maximum absolute atomic E-state index is 12.9.